The zero-order valence-corrected chi connectivity index (χ0v) is 13.4. The molecule has 0 heterocycles. The van der Waals surface area contributed by atoms with Gasteiger partial charge in [-0.05, 0) is 0 Å². The minimum Gasteiger partial charge on any atom is -3.00 e. The van der Waals surface area contributed by atoms with Crippen molar-refractivity contribution in [2.75, 3.05) is 0 Å². The molecular weight excluding hydrogens is 539 g/mol. The van der Waals surface area contributed by atoms with Crippen LogP contribution in [0, 0.1) is 0 Å². The predicted octanol–water partition coefficient (Wildman–Crippen LogP) is 3.43. The first-order chi connectivity index (χ1) is 0. The predicted molar refractivity (Wildman–Crippen MR) is 27.7 cm³/mol. The molecule has 0 radical (unpaired) electrons. The molecule has 0 saturated carbocycles. The van der Waals surface area contributed by atoms with Crippen molar-refractivity contribution < 1.29 is 82.3 Å². The minimum absolute atomic E-state index is 0. The first-order valence-corrected chi connectivity index (χ1v) is 0. The van der Waals surface area contributed by atoms with E-state index in [1.165, 1.54) is 0 Å². The molecule has 0 nitrogen and oxygen atoms in total. The van der Waals surface area contributed by atoms with Crippen molar-refractivity contribution in [2.45, 2.75) is 0 Å². The molecule has 0 atom stereocenters. The standard InChI is InChI=1S/Mo.4P.3Pd/q;4*-3;3*+2. The molecule has 0 spiro atoms. The zero-order chi connectivity index (χ0) is 0. The van der Waals surface area contributed by atoms with Crippen LogP contribution in [-0.4, -0.2) is 0 Å². The topological polar surface area (TPSA) is 0 Å². The third-order valence-corrected chi connectivity index (χ3v) is 0. The van der Waals surface area contributed by atoms with Crippen LogP contribution in [0.1, 0.15) is 0 Å². The van der Waals surface area contributed by atoms with E-state index >= 15 is 0 Å². The van der Waals surface area contributed by atoms with Crippen LogP contribution in [0.4, 0.5) is 0 Å². The van der Waals surface area contributed by atoms with E-state index in [-0.39, 0.29) is 122 Å². The van der Waals surface area contributed by atoms with Gasteiger partial charge < -0.3 is 39.6 Å². The summed E-state index contributed by atoms with van der Waals surface area (Å²) in [5.74, 6) is 0. The summed E-state index contributed by atoms with van der Waals surface area (Å²) >= 11 is 0. The van der Waals surface area contributed by atoms with Crippen molar-refractivity contribution in [3.8, 4) is 0 Å². The second-order valence-electron chi connectivity index (χ2n) is 0. The second kappa shape index (κ2) is 63.7. The Hall–Kier alpha value is 4.40. The summed E-state index contributed by atoms with van der Waals surface area (Å²) in [7, 11) is 0. The summed E-state index contributed by atoms with van der Waals surface area (Å²) in [6.45, 7) is 0. The van der Waals surface area contributed by atoms with E-state index in [4.69, 9.17) is 0 Å². The third-order valence-electron chi connectivity index (χ3n) is 0. The summed E-state index contributed by atoms with van der Waals surface area (Å²) in [5.41, 5.74) is 0. The third kappa shape index (κ3) is 47.5. The van der Waals surface area contributed by atoms with E-state index in [0.717, 1.165) is 0 Å². The molecule has 0 N–H and O–H groups in total. The van der Waals surface area contributed by atoms with Gasteiger partial charge in [-0.15, -0.1) is 0 Å². The van der Waals surface area contributed by atoms with Crippen molar-refractivity contribution in [3.05, 3.63) is 0 Å². The smallest absolute Gasteiger partial charge is 2.00 e. The maximum atomic E-state index is 0. The van der Waals surface area contributed by atoms with E-state index in [1.807, 2.05) is 0 Å². The maximum absolute atomic E-state index is 0. The fourth-order valence-electron chi connectivity index (χ4n) is 0. The maximum Gasteiger partial charge on any atom is 2.00 e. The molecule has 62 valence electrons. The van der Waals surface area contributed by atoms with Gasteiger partial charge in [0.1, 0.15) is 0 Å². The first-order valence-electron chi connectivity index (χ1n) is 0. The van der Waals surface area contributed by atoms with Crippen molar-refractivity contribution in [3.63, 3.8) is 0 Å². The summed E-state index contributed by atoms with van der Waals surface area (Å²) in [5, 5.41) is 0. The SMILES string of the molecule is [Mo].[P-3].[P-3].[P-3].[P-3].[Pd+2].[Pd+2].[Pd+2]. The van der Waals surface area contributed by atoms with Crippen LogP contribution in [0.2, 0.25) is 0 Å². The average molecular weight is 539 g/mol. The Balaban J connectivity index is 0. The van der Waals surface area contributed by atoms with E-state index in [0.29, 0.717) is 0 Å². The van der Waals surface area contributed by atoms with Gasteiger partial charge in [0, 0.05) is 21.1 Å². The van der Waals surface area contributed by atoms with Crippen LogP contribution < -0.4 is 0 Å². The van der Waals surface area contributed by atoms with Gasteiger partial charge in [-0.3, -0.25) is 0 Å². The molecule has 0 fully saturated rings. The molecule has 0 aliphatic rings. The normalized spacial score (nSPS) is 0. The fourth-order valence-corrected chi connectivity index (χ4v) is 0. The van der Waals surface area contributed by atoms with Crippen LogP contribution in [0.15, 0.2) is 0 Å². The molecule has 0 saturated heterocycles. The van der Waals surface area contributed by atoms with Gasteiger partial charge in [0.2, 0.25) is 0 Å². The summed E-state index contributed by atoms with van der Waals surface area (Å²) in [6.07, 6.45) is 0. The molecule has 0 aromatic heterocycles. The van der Waals surface area contributed by atoms with E-state index in [1.54, 1.807) is 0 Å². The fraction of sp³-hybridized carbons (Fsp3) is 0. The van der Waals surface area contributed by atoms with Crippen molar-refractivity contribution >= 4 is 39.6 Å². The zero-order valence-electron chi connectivity index (χ0n) is 3.15. The molecular formula is MoP4Pd3-6. The van der Waals surface area contributed by atoms with Gasteiger partial charge in [0.15, 0.2) is 0 Å². The molecule has 8 heteroatoms. The Labute approximate surface area is 120 Å². The Bertz CT molecular complexity index is 11.2. The van der Waals surface area contributed by atoms with Gasteiger partial charge in [-0.25, -0.2) is 0 Å². The second-order valence-corrected chi connectivity index (χ2v) is 0. The number of hydrogen-bond donors (Lipinski definition) is 0. The Morgan fingerprint density at radius 3 is 0.375 bits per heavy atom. The average Bonchev–Trinajstić information content (AvgIpc) is 0. The molecule has 0 aromatic carbocycles. The molecule has 8 heavy (non-hydrogen) atoms. The summed E-state index contributed by atoms with van der Waals surface area (Å²) in [6, 6.07) is 0. The van der Waals surface area contributed by atoms with Crippen LogP contribution in [0.3, 0.4) is 0 Å². The van der Waals surface area contributed by atoms with Crippen molar-refractivity contribution in [2.24, 2.45) is 0 Å². The molecule has 0 rings (SSSR count). The van der Waals surface area contributed by atoms with Gasteiger partial charge in [-0.2, -0.15) is 0 Å². The quantitative estimate of drug-likeness (QED) is 0.327. The minimum atomic E-state index is 0. The molecule has 0 aliphatic heterocycles. The van der Waals surface area contributed by atoms with E-state index < -0.39 is 0 Å². The van der Waals surface area contributed by atoms with Crippen LogP contribution in [0.5, 0.6) is 0 Å². The summed E-state index contributed by atoms with van der Waals surface area (Å²) < 4.78 is 0. The molecule has 0 aliphatic carbocycles. The first kappa shape index (κ1) is 83.3. The monoisotopic (exact) mass is 540 g/mol. The summed E-state index contributed by atoms with van der Waals surface area (Å²) in [4.78, 5) is 0. The Morgan fingerprint density at radius 2 is 0.375 bits per heavy atom. The molecule has 0 aromatic rings. The van der Waals surface area contributed by atoms with E-state index in [9.17, 15) is 0 Å². The van der Waals surface area contributed by atoms with Crippen LogP contribution >= 0.6 is 39.6 Å². The van der Waals surface area contributed by atoms with Crippen LogP contribution in [-0.2, 0) is 82.3 Å². The Morgan fingerprint density at radius 1 is 0.375 bits per heavy atom. The molecule has 0 amide bonds. The van der Waals surface area contributed by atoms with Gasteiger partial charge >= 0.3 is 61.3 Å². The molecule has 0 unspecified atom stereocenters. The van der Waals surface area contributed by atoms with Crippen molar-refractivity contribution in [1.82, 2.24) is 0 Å². The largest absolute Gasteiger partial charge is 3.00 e. The van der Waals surface area contributed by atoms with E-state index in [2.05, 4.69) is 0 Å². The number of rotatable bonds is 0. The molecule has 0 bridgehead atoms. The van der Waals surface area contributed by atoms with Gasteiger partial charge in [-0.1, -0.05) is 0 Å². The van der Waals surface area contributed by atoms with Crippen molar-refractivity contribution in [1.29, 1.82) is 0 Å². The van der Waals surface area contributed by atoms with Gasteiger partial charge in [0.25, 0.3) is 0 Å². The van der Waals surface area contributed by atoms with Crippen LogP contribution in [0.25, 0.3) is 0 Å². The number of hydrogen-bond acceptors (Lipinski definition) is 0. The Kier molecular flexibility index (Phi) is 664. The van der Waals surface area contributed by atoms with Gasteiger partial charge in [0.05, 0.1) is 0 Å².